The van der Waals surface area contributed by atoms with Crippen molar-refractivity contribution >= 4 is 17.6 Å². The van der Waals surface area contributed by atoms with Crippen molar-refractivity contribution in [3.8, 4) is 0 Å². The number of aryl methyl sites for hydroxylation is 1. The van der Waals surface area contributed by atoms with Gasteiger partial charge in [-0.25, -0.2) is 9.48 Å². The summed E-state index contributed by atoms with van der Waals surface area (Å²) in [7, 11) is 1.46. The third-order valence-corrected chi connectivity index (χ3v) is 6.41. The monoisotopic (exact) mass is 526 g/mol. The van der Waals surface area contributed by atoms with Crippen LogP contribution in [0.25, 0.3) is 0 Å². The minimum Gasteiger partial charge on any atom is -0.394 e. The number of anilines is 1. The Bertz CT molecular complexity index is 1060. The fraction of sp³-hybridized carbons (Fsp3) is 0.583. The molecule has 1 aliphatic heterocycles. The molecule has 13 heteroatoms. The largest absolute Gasteiger partial charge is 0.418 e. The van der Waals surface area contributed by atoms with Crippen LogP contribution in [0, 0.1) is 5.92 Å². The minimum atomic E-state index is -4.62. The molecule has 0 saturated heterocycles. The molecule has 0 unspecified atom stereocenters. The predicted molar refractivity (Wildman–Crippen MR) is 128 cm³/mol. The SMILES string of the molecule is C[C@H]1CN([C@@H](C)CO)C(=O)CCCn2nncc2CO[C@H]1CN(C)C(=O)Nc1ccccc1C(F)(F)F. The topological polar surface area (TPSA) is 113 Å². The Morgan fingerprint density at radius 3 is 2.78 bits per heavy atom. The van der Waals surface area contributed by atoms with Gasteiger partial charge in [0.05, 0.1) is 48.5 Å². The van der Waals surface area contributed by atoms with Crippen LogP contribution in [-0.2, 0) is 28.9 Å². The van der Waals surface area contributed by atoms with Gasteiger partial charge < -0.3 is 25.0 Å². The standard InChI is InChI=1S/C24H33F3N6O4/c1-16-12-32(17(2)14-34)22(35)9-6-10-33-18(11-28-30-33)15-37-21(16)13-31(3)23(36)29-20-8-5-4-7-19(20)24(25,26)27/h4-5,7-8,11,16-17,21,34H,6,9-10,12-15H2,1-3H3,(H,29,36)/t16-,17-,21-/m0/s1. The molecule has 0 spiro atoms. The molecule has 37 heavy (non-hydrogen) atoms. The Balaban J connectivity index is 1.79. The maximum absolute atomic E-state index is 13.4. The normalized spacial score (nSPS) is 20.4. The number of aromatic nitrogens is 3. The number of benzene rings is 1. The number of hydrogen-bond acceptors (Lipinski definition) is 6. The van der Waals surface area contributed by atoms with Gasteiger partial charge in [-0.15, -0.1) is 5.10 Å². The molecule has 3 atom stereocenters. The first kappa shape index (κ1) is 28.4. The van der Waals surface area contributed by atoms with E-state index in [0.29, 0.717) is 18.7 Å². The molecule has 3 rings (SSSR count). The third-order valence-electron chi connectivity index (χ3n) is 6.41. The van der Waals surface area contributed by atoms with Crippen LogP contribution in [0.4, 0.5) is 23.7 Å². The fourth-order valence-electron chi connectivity index (χ4n) is 4.15. The first-order valence-electron chi connectivity index (χ1n) is 12.1. The number of alkyl halides is 3. The van der Waals surface area contributed by atoms with Crippen LogP contribution in [-0.4, -0.2) is 80.7 Å². The molecular weight excluding hydrogens is 493 g/mol. The highest BCUT2D eigenvalue weighted by atomic mass is 19.4. The van der Waals surface area contributed by atoms with Crippen molar-refractivity contribution in [1.82, 2.24) is 24.8 Å². The van der Waals surface area contributed by atoms with Crippen LogP contribution in [0.2, 0.25) is 0 Å². The number of likely N-dealkylation sites (N-methyl/N-ethyl adjacent to an activating group) is 1. The van der Waals surface area contributed by atoms with Crippen molar-refractivity contribution < 1.29 is 32.6 Å². The first-order chi connectivity index (χ1) is 17.5. The fourth-order valence-corrected chi connectivity index (χ4v) is 4.15. The van der Waals surface area contributed by atoms with Gasteiger partial charge in [0.2, 0.25) is 5.91 Å². The second kappa shape index (κ2) is 12.4. The molecule has 10 nitrogen and oxygen atoms in total. The second-order valence-electron chi connectivity index (χ2n) is 9.31. The number of hydrogen-bond donors (Lipinski definition) is 2. The zero-order valence-corrected chi connectivity index (χ0v) is 21.1. The van der Waals surface area contributed by atoms with E-state index in [1.165, 1.54) is 30.1 Å². The van der Waals surface area contributed by atoms with E-state index in [9.17, 15) is 27.9 Å². The number of carbonyl (C=O) groups is 2. The van der Waals surface area contributed by atoms with Crippen molar-refractivity contribution in [3.63, 3.8) is 0 Å². The van der Waals surface area contributed by atoms with Crippen LogP contribution >= 0.6 is 0 Å². The molecule has 0 saturated carbocycles. The van der Waals surface area contributed by atoms with Crippen molar-refractivity contribution in [3.05, 3.63) is 41.7 Å². The van der Waals surface area contributed by atoms with Gasteiger partial charge in [-0.1, -0.05) is 24.3 Å². The lowest BCUT2D eigenvalue weighted by Gasteiger charge is -2.35. The van der Waals surface area contributed by atoms with Crippen LogP contribution < -0.4 is 5.32 Å². The Hall–Kier alpha value is -3.19. The molecule has 1 aromatic carbocycles. The number of halogens is 3. The number of nitrogens with one attached hydrogen (secondary N) is 1. The third kappa shape index (κ3) is 7.41. The number of nitrogens with zero attached hydrogens (tertiary/aromatic N) is 5. The number of ether oxygens (including phenoxy) is 1. The Labute approximate surface area is 213 Å². The Morgan fingerprint density at radius 1 is 1.35 bits per heavy atom. The van der Waals surface area contributed by atoms with Crippen molar-refractivity contribution in [2.75, 3.05) is 32.1 Å². The van der Waals surface area contributed by atoms with Gasteiger partial charge in [0, 0.05) is 39.0 Å². The molecule has 0 radical (unpaired) electrons. The van der Waals surface area contributed by atoms with E-state index in [0.717, 1.165) is 6.07 Å². The van der Waals surface area contributed by atoms with Crippen LogP contribution in [0.3, 0.4) is 0 Å². The number of urea groups is 1. The van der Waals surface area contributed by atoms with E-state index in [1.807, 2.05) is 6.92 Å². The van der Waals surface area contributed by atoms with Gasteiger partial charge in [-0.2, -0.15) is 13.2 Å². The number of aliphatic hydroxyl groups is 1. The highest BCUT2D eigenvalue weighted by molar-refractivity contribution is 5.90. The van der Waals surface area contributed by atoms with Crippen LogP contribution in [0.1, 0.15) is 37.9 Å². The van der Waals surface area contributed by atoms with Gasteiger partial charge in [0.1, 0.15) is 0 Å². The highest BCUT2D eigenvalue weighted by Gasteiger charge is 2.34. The maximum Gasteiger partial charge on any atom is 0.418 e. The summed E-state index contributed by atoms with van der Waals surface area (Å²) in [6.07, 6.45) is -2.82. The summed E-state index contributed by atoms with van der Waals surface area (Å²) in [5.74, 6) is -0.399. The molecule has 204 valence electrons. The smallest absolute Gasteiger partial charge is 0.394 e. The summed E-state index contributed by atoms with van der Waals surface area (Å²) in [4.78, 5) is 28.6. The average Bonchev–Trinajstić information content (AvgIpc) is 3.30. The van der Waals surface area contributed by atoms with Gasteiger partial charge in [0.15, 0.2) is 0 Å². The van der Waals surface area contributed by atoms with Gasteiger partial charge in [-0.3, -0.25) is 4.79 Å². The van der Waals surface area contributed by atoms with Gasteiger partial charge in [-0.05, 0) is 25.5 Å². The number of amides is 3. The van der Waals surface area contributed by atoms with Crippen molar-refractivity contribution in [2.45, 2.75) is 58.2 Å². The zero-order chi connectivity index (χ0) is 27.2. The lowest BCUT2D eigenvalue weighted by molar-refractivity contribution is -0.137. The lowest BCUT2D eigenvalue weighted by atomic mass is 10.0. The van der Waals surface area contributed by atoms with Crippen molar-refractivity contribution in [1.29, 1.82) is 0 Å². The number of carbonyl (C=O) groups excluding carboxylic acids is 2. The molecule has 2 aromatic rings. The minimum absolute atomic E-state index is 0.0400. The van der Waals surface area contributed by atoms with E-state index in [1.54, 1.807) is 22.7 Å². The molecule has 3 amide bonds. The average molecular weight is 527 g/mol. The number of rotatable bonds is 5. The van der Waals surface area contributed by atoms with Crippen LogP contribution in [0.15, 0.2) is 30.5 Å². The van der Waals surface area contributed by atoms with E-state index in [2.05, 4.69) is 15.6 Å². The van der Waals surface area contributed by atoms with Crippen LogP contribution in [0.5, 0.6) is 0 Å². The number of fused-ring (bicyclic) bond motifs is 1. The Kier molecular flexibility index (Phi) is 9.49. The quantitative estimate of drug-likeness (QED) is 0.620. The number of para-hydroxylation sites is 1. The second-order valence-corrected chi connectivity index (χ2v) is 9.31. The summed E-state index contributed by atoms with van der Waals surface area (Å²) in [6, 6.07) is 3.61. The summed E-state index contributed by atoms with van der Waals surface area (Å²) in [5, 5.41) is 20.0. The predicted octanol–water partition coefficient (Wildman–Crippen LogP) is 2.99. The summed E-state index contributed by atoms with van der Waals surface area (Å²) >= 11 is 0. The molecule has 0 aliphatic carbocycles. The Morgan fingerprint density at radius 2 is 2.08 bits per heavy atom. The summed E-state index contributed by atoms with van der Waals surface area (Å²) in [5.41, 5.74) is -0.583. The van der Waals surface area contributed by atoms with Gasteiger partial charge >= 0.3 is 12.2 Å². The molecule has 0 bridgehead atoms. The van der Waals surface area contributed by atoms with E-state index >= 15 is 0 Å². The number of aliphatic hydroxyl groups excluding tert-OH is 1. The maximum atomic E-state index is 13.4. The van der Waals surface area contributed by atoms with Gasteiger partial charge in [0.25, 0.3) is 0 Å². The summed E-state index contributed by atoms with van der Waals surface area (Å²) in [6.45, 7) is 4.33. The molecule has 2 N–H and O–H groups in total. The van der Waals surface area contributed by atoms with E-state index < -0.39 is 29.9 Å². The molecule has 2 heterocycles. The van der Waals surface area contributed by atoms with Crippen molar-refractivity contribution in [2.24, 2.45) is 5.92 Å². The molecule has 0 fully saturated rings. The van der Waals surface area contributed by atoms with E-state index in [4.69, 9.17) is 4.74 Å². The first-order valence-corrected chi connectivity index (χ1v) is 12.1. The molecule has 1 aliphatic rings. The molecule has 1 aromatic heterocycles. The van der Waals surface area contributed by atoms with E-state index in [-0.39, 0.29) is 50.2 Å². The molecular formula is C24H33F3N6O4. The highest BCUT2D eigenvalue weighted by Crippen LogP contribution is 2.34. The zero-order valence-electron chi connectivity index (χ0n) is 21.1. The lowest BCUT2D eigenvalue weighted by Crippen LogP contribution is -2.48. The summed E-state index contributed by atoms with van der Waals surface area (Å²) < 4.78 is 47.9.